The smallest absolute Gasteiger partial charge is 0.115 e. The lowest BCUT2D eigenvalue weighted by Gasteiger charge is -2.52. The van der Waals surface area contributed by atoms with Crippen molar-refractivity contribution in [3.8, 4) is 5.75 Å². The van der Waals surface area contributed by atoms with Crippen LogP contribution in [0.5, 0.6) is 5.75 Å². The Balaban J connectivity index is 1.66. The number of rotatable bonds is 3. The molecule has 3 aliphatic rings. The van der Waals surface area contributed by atoms with Gasteiger partial charge in [-0.25, -0.2) is 0 Å². The van der Waals surface area contributed by atoms with Crippen LogP contribution in [0.2, 0.25) is 0 Å². The molecule has 3 aliphatic carbocycles. The van der Waals surface area contributed by atoms with Crippen LogP contribution in [-0.2, 0) is 0 Å². The van der Waals surface area contributed by atoms with Crippen molar-refractivity contribution in [3.63, 3.8) is 0 Å². The largest absolute Gasteiger partial charge is 0.508 e. The van der Waals surface area contributed by atoms with Crippen LogP contribution in [0.4, 0.5) is 0 Å². The minimum atomic E-state index is -0.427. The van der Waals surface area contributed by atoms with Crippen molar-refractivity contribution in [2.75, 3.05) is 0 Å². The fourth-order valence-electron chi connectivity index (χ4n) is 6.74. The number of aliphatic hydroxyl groups is 1. The zero-order valence-electron chi connectivity index (χ0n) is 15.7. The van der Waals surface area contributed by atoms with Crippen molar-refractivity contribution in [1.29, 1.82) is 0 Å². The van der Waals surface area contributed by atoms with Gasteiger partial charge in [-0.3, -0.25) is 0 Å². The quantitative estimate of drug-likeness (QED) is 0.692. The zero-order chi connectivity index (χ0) is 17.8. The Kier molecular flexibility index (Phi) is 4.22. The van der Waals surface area contributed by atoms with Crippen molar-refractivity contribution in [3.05, 3.63) is 41.5 Å². The van der Waals surface area contributed by atoms with Crippen LogP contribution < -0.4 is 0 Å². The van der Waals surface area contributed by atoms with E-state index in [9.17, 15) is 10.2 Å². The van der Waals surface area contributed by atoms with Crippen LogP contribution in [0.25, 0.3) is 0 Å². The van der Waals surface area contributed by atoms with E-state index in [1.54, 1.807) is 12.1 Å². The average molecular weight is 341 g/mol. The van der Waals surface area contributed by atoms with Crippen molar-refractivity contribution < 1.29 is 10.2 Å². The maximum atomic E-state index is 10.8. The Hall–Kier alpha value is -1.28. The molecule has 2 fully saturated rings. The predicted octanol–water partition coefficient (Wildman–Crippen LogP) is 5.71. The Bertz CT molecular complexity index is 679. The molecule has 1 aromatic rings. The third-order valence-corrected chi connectivity index (χ3v) is 7.83. The second-order valence-corrected chi connectivity index (χ2v) is 9.02. The van der Waals surface area contributed by atoms with Gasteiger partial charge in [-0.15, -0.1) is 0 Å². The molecular formula is C23H32O2. The zero-order valence-corrected chi connectivity index (χ0v) is 15.7. The van der Waals surface area contributed by atoms with Gasteiger partial charge in [0.15, 0.2) is 0 Å². The second kappa shape index (κ2) is 6.16. The Labute approximate surface area is 152 Å². The highest BCUT2D eigenvalue weighted by atomic mass is 16.3. The summed E-state index contributed by atoms with van der Waals surface area (Å²) in [5, 5.41) is 20.6. The van der Waals surface area contributed by atoms with Gasteiger partial charge >= 0.3 is 0 Å². The summed E-state index contributed by atoms with van der Waals surface area (Å²) in [6, 6.07) is 5.64. The van der Waals surface area contributed by atoms with Crippen molar-refractivity contribution in [2.24, 2.45) is 23.2 Å². The first kappa shape index (κ1) is 17.1. The fourth-order valence-corrected chi connectivity index (χ4v) is 6.74. The number of aliphatic hydroxyl groups excluding tert-OH is 1. The molecule has 0 heterocycles. The number of hydrogen-bond donors (Lipinski definition) is 2. The molecule has 4 rings (SSSR count). The van der Waals surface area contributed by atoms with Crippen molar-refractivity contribution in [2.45, 2.75) is 70.8 Å². The van der Waals surface area contributed by atoms with Crippen LogP contribution in [-0.4, -0.2) is 10.2 Å². The molecule has 1 aromatic carbocycles. The summed E-state index contributed by atoms with van der Waals surface area (Å²) >= 11 is 0. The Morgan fingerprint density at radius 3 is 2.80 bits per heavy atom. The molecule has 0 bridgehead atoms. The summed E-state index contributed by atoms with van der Waals surface area (Å²) < 4.78 is 0. The molecule has 0 aliphatic heterocycles. The van der Waals surface area contributed by atoms with Gasteiger partial charge in [0.2, 0.25) is 0 Å². The molecule has 2 N–H and O–H groups in total. The van der Waals surface area contributed by atoms with Crippen molar-refractivity contribution in [1.82, 2.24) is 0 Å². The van der Waals surface area contributed by atoms with E-state index >= 15 is 0 Å². The number of phenolic OH excluding ortho intramolecular Hbond substituents is 1. The lowest BCUT2D eigenvalue weighted by atomic mass is 9.53. The van der Waals surface area contributed by atoms with E-state index in [-0.39, 0.29) is 5.75 Å². The van der Waals surface area contributed by atoms with Gasteiger partial charge in [0.1, 0.15) is 5.75 Å². The molecule has 0 spiro atoms. The molecule has 0 amide bonds. The Morgan fingerprint density at radius 1 is 1.24 bits per heavy atom. The van der Waals surface area contributed by atoms with E-state index in [1.165, 1.54) is 43.2 Å². The molecule has 0 saturated heterocycles. The summed E-state index contributed by atoms with van der Waals surface area (Å²) in [4.78, 5) is 0. The van der Waals surface area contributed by atoms with Crippen LogP contribution >= 0.6 is 0 Å². The average Bonchev–Trinajstić information content (AvgIpc) is 2.93. The number of allylic oxidation sites excluding steroid dienone is 1. The summed E-state index contributed by atoms with van der Waals surface area (Å²) in [5.74, 6) is 2.76. The molecule has 0 aromatic heterocycles. The number of aromatic hydroxyl groups is 1. The van der Waals surface area contributed by atoms with Gasteiger partial charge in [0.05, 0.1) is 6.10 Å². The number of phenols is 1. The van der Waals surface area contributed by atoms with Gasteiger partial charge in [-0.05, 0) is 90.9 Å². The molecular weight excluding hydrogens is 308 g/mol. The van der Waals surface area contributed by atoms with Gasteiger partial charge in [0, 0.05) is 0 Å². The van der Waals surface area contributed by atoms with E-state index in [0.29, 0.717) is 29.1 Å². The molecule has 25 heavy (non-hydrogen) atoms. The third-order valence-electron chi connectivity index (χ3n) is 7.83. The SMILES string of the molecule is C=C(CCC)C1CCC2C3CC(O)c4cc(O)ccc4C3CCC12C. The van der Waals surface area contributed by atoms with Gasteiger partial charge in [-0.2, -0.15) is 0 Å². The monoisotopic (exact) mass is 340 g/mol. The van der Waals surface area contributed by atoms with Gasteiger partial charge in [-0.1, -0.05) is 38.5 Å². The van der Waals surface area contributed by atoms with E-state index in [0.717, 1.165) is 18.4 Å². The Morgan fingerprint density at radius 2 is 2.04 bits per heavy atom. The third kappa shape index (κ3) is 2.56. The molecule has 0 radical (unpaired) electrons. The normalized spacial score (nSPS) is 39.4. The molecule has 2 heteroatoms. The molecule has 2 saturated carbocycles. The van der Waals surface area contributed by atoms with Crippen LogP contribution in [0, 0.1) is 23.2 Å². The molecule has 2 nitrogen and oxygen atoms in total. The van der Waals surface area contributed by atoms with Crippen LogP contribution in [0.15, 0.2) is 30.4 Å². The number of hydrogen-bond acceptors (Lipinski definition) is 2. The summed E-state index contributed by atoms with van der Waals surface area (Å²) in [6.07, 6.45) is 7.81. The van der Waals surface area contributed by atoms with Gasteiger partial charge < -0.3 is 10.2 Å². The molecule has 6 unspecified atom stereocenters. The molecule has 6 atom stereocenters. The highest BCUT2D eigenvalue weighted by Crippen LogP contribution is 2.65. The summed E-state index contributed by atoms with van der Waals surface area (Å²) in [7, 11) is 0. The van der Waals surface area contributed by atoms with E-state index < -0.39 is 6.10 Å². The first-order valence-electron chi connectivity index (χ1n) is 10.1. The number of benzene rings is 1. The maximum Gasteiger partial charge on any atom is 0.115 e. The fraction of sp³-hybridized carbons (Fsp3) is 0.652. The number of fused-ring (bicyclic) bond motifs is 5. The first-order chi connectivity index (χ1) is 12.0. The molecule has 136 valence electrons. The standard InChI is InChI=1S/C23H32O2/c1-4-5-14(2)20-8-9-21-18-13-22(25)19-12-15(24)6-7-16(19)17(18)10-11-23(20,21)3/h6-7,12,17-18,20-22,24-25H,2,4-5,8-11,13H2,1,3H3. The van der Waals surface area contributed by atoms with Crippen LogP contribution in [0.3, 0.4) is 0 Å². The lowest BCUT2D eigenvalue weighted by Crippen LogP contribution is -2.43. The summed E-state index contributed by atoms with van der Waals surface area (Å²) in [6.45, 7) is 9.21. The topological polar surface area (TPSA) is 40.5 Å². The highest BCUT2D eigenvalue weighted by molar-refractivity contribution is 5.41. The lowest BCUT2D eigenvalue weighted by molar-refractivity contribution is 0.00425. The minimum absolute atomic E-state index is 0.272. The van der Waals surface area contributed by atoms with Crippen LogP contribution in [0.1, 0.15) is 81.9 Å². The minimum Gasteiger partial charge on any atom is -0.508 e. The maximum absolute atomic E-state index is 10.8. The van der Waals surface area contributed by atoms with E-state index in [2.05, 4.69) is 26.5 Å². The predicted molar refractivity (Wildman–Crippen MR) is 102 cm³/mol. The van der Waals surface area contributed by atoms with E-state index in [1.807, 2.05) is 0 Å². The second-order valence-electron chi connectivity index (χ2n) is 9.02. The highest BCUT2D eigenvalue weighted by Gasteiger charge is 2.55. The van der Waals surface area contributed by atoms with E-state index in [4.69, 9.17) is 0 Å². The van der Waals surface area contributed by atoms with Crippen molar-refractivity contribution >= 4 is 0 Å². The van der Waals surface area contributed by atoms with Gasteiger partial charge in [0.25, 0.3) is 0 Å². The first-order valence-corrected chi connectivity index (χ1v) is 10.1. The summed E-state index contributed by atoms with van der Waals surface area (Å²) in [5.41, 5.74) is 4.09.